The molecule has 1 rings (SSSR count). The Bertz CT molecular complexity index is 215. The summed E-state index contributed by atoms with van der Waals surface area (Å²) in [5, 5.41) is 2.18. The van der Waals surface area contributed by atoms with Gasteiger partial charge in [0.25, 0.3) is 0 Å². The van der Waals surface area contributed by atoms with Gasteiger partial charge in [-0.25, -0.2) is 0 Å². The maximum absolute atomic E-state index is 3.57. The van der Waals surface area contributed by atoms with Gasteiger partial charge in [-0.1, -0.05) is 29.8 Å². The molecule has 0 aliphatic heterocycles. The zero-order valence-electron chi connectivity index (χ0n) is 6.93. The standard InChI is InChI=1S/C9H13BrS/c1-3-8-4-5-11-9(8)6-7(2)10/h4-5,7H,3,6H2,1-2H3. The zero-order valence-corrected chi connectivity index (χ0v) is 9.33. The largest absolute Gasteiger partial charge is 0.149 e. The highest BCUT2D eigenvalue weighted by atomic mass is 79.9. The van der Waals surface area contributed by atoms with Gasteiger partial charge in [0.1, 0.15) is 0 Å². The Morgan fingerprint density at radius 1 is 1.64 bits per heavy atom. The van der Waals surface area contributed by atoms with Crippen molar-refractivity contribution < 1.29 is 0 Å². The number of alkyl halides is 1. The summed E-state index contributed by atoms with van der Waals surface area (Å²) in [6.45, 7) is 4.41. The molecule has 0 aliphatic carbocycles. The summed E-state index contributed by atoms with van der Waals surface area (Å²) in [5.74, 6) is 0. The summed E-state index contributed by atoms with van der Waals surface area (Å²) in [6, 6.07) is 2.23. The number of hydrogen-bond donors (Lipinski definition) is 0. The number of hydrogen-bond acceptors (Lipinski definition) is 1. The highest BCUT2D eigenvalue weighted by Gasteiger charge is 2.04. The molecule has 11 heavy (non-hydrogen) atoms. The van der Waals surface area contributed by atoms with Crippen LogP contribution in [-0.4, -0.2) is 4.83 Å². The molecule has 1 atom stereocenters. The zero-order chi connectivity index (χ0) is 8.27. The summed E-state index contributed by atoms with van der Waals surface area (Å²) in [6.07, 6.45) is 2.33. The molecule has 0 saturated carbocycles. The first-order valence-electron chi connectivity index (χ1n) is 3.93. The fourth-order valence-corrected chi connectivity index (χ4v) is 2.76. The molecule has 0 aromatic carbocycles. The Balaban J connectivity index is 2.68. The van der Waals surface area contributed by atoms with Gasteiger partial charge >= 0.3 is 0 Å². The fraction of sp³-hybridized carbons (Fsp3) is 0.556. The van der Waals surface area contributed by atoms with Crippen LogP contribution in [0.25, 0.3) is 0 Å². The Labute approximate surface area is 80.8 Å². The summed E-state index contributed by atoms with van der Waals surface area (Å²) >= 11 is 5.44. The third-order valence-electron chi connectivity index (χ3n) is 1.69. The maximum Gasteiger partial charge on any atom is 0.0165 e. The lowest BCUT2D eigenvalue weighted by Crippen LogP contribution is -1.96. The molecule has 0 amide bonds. The second-order valence-electron chi connectivity index (χ2n) is 2.71. The van der Waals surface area contributed by atoms with E-state index in [4.69, 9.17) is 0 Å². The molecule has 0 radical (unpaired) electrons. The van der Waals surface area contributed by atoms with Crippen LogP contribution in [0.3, 0.4) is 0 Å². The van der Waals surface area contributed by atoms with Gasteiger partial charge in [0, 0.05) is 9.70 Å². The molecule has 62 valence electrons. The van der Waals surface area contributed by atoms with E-state index in [2.05, 4.69) is 41.2 Å². The van der Waals surface area contributed by atoms with Crippen LogP contribution in [0, 0.1) is 0 Å². The average molecular weight is 233 g/mol. The van der Waals surface area contributed by atoms with Gasteiger partial charge in [0.2, 0.25) is 0 Å². The van der Waals surface area contributed by atoms with E-state index < -0.39 is 0 Å². The van der Waals surface area contributed by atoms with Crippen LogP contribution in [0.1, 0.15) is 24.3 Å². The molecular weight excluding hydrogens is 220 g/mol. The second-order valence-corrected chi connectivity index (χ2v) is 5.27. The lowest BCUT2D eigenvalue weighted by Gasteiger charge is -2.02. The molecule has 1 aromatic rings. The molecule has 2 heteroatoms. The van der Waals surface area contributed by atoms with E-state index in [9.17, 15) is 0 Å². The van der Waals surface area contributed by atoms with Crippen molar-refractivity contribution in [1.29, 1.82) is 0 Å². The number of aryl methyl sites for hydroxylation is 1. The molecule has 0 spiro atoms. The molecule has 0 bridgehead atoms. The van der Waals surface area contributed by atoms with Crippen LogP contribution < -0.4 is 0 Å². The smallest absolute Gasteiger partial charge is 0.0165 e. The van der Waals surface area contributed by atoms with Crippen LogP contribution in [0.2, 0.25) is 0 Å². The van der Waals surface area contributed by atoms with Crippen LogP contribution in [-0.2, 0) is 12.8 Å². The van der Waals surface area contributed by atoms with Gasteiger partial charge in [-0.3, -0.25) is 0 Å². The fourth-order valence-electron chi connectivity index (χ4n) is 1.12. The van der Waals surface area contributed by atoms with Gasteiger partial charge in [-0.15, -0.1) is 11.3 Å². The minimum absolute atomic E-state index is 0.603. The Morgan fingerprint density at radius 2 is 2.36 bits per heavy atom. The summed E-state index contributed by atoms with van der Waals surface area (Å²) in [4.78, 5) is 2.14. The predicted molar refractivity (Wildman–Crippen MR) is 55.8 cm³/mol. The van der Waals surface area contributed by atoms with Crippen LogP contribution in [0.5, 0.6) is 0 Å². The first-order valence-corrected chi connectivity index (χ1v) is 5.73. The molecular formula is C9H13BrS. The van der Waals surface area contributed by atoms with Gasteiger partial charge in [-0.05, 0) is 29.9 Å². The van der Waals surface area contributed by atoms with Crippen molar-refractivity contribution in [2.24, 2.45) is 0 Å². The Morgan fingerprint density at radius 3 is 2.91 bits per heavy atom. The van der Waals surface area contributed by atoms with Gasteiger partial charge < -0.3 is 0 Å². The molecule has 1 aromatic heterocycles. The minimum Gasteiger partial charge on any atom is -0.149 e. The molecule has 1 heterocycles. The number of thiophene rings is 1. The maximum atomic E-state index is 3.57. The molecule has 0 fully saturated rings. The SMILES string of the molecule is CCc1ccsc1CC(C)Br. The van der Waals surface area contributed by atoms with Gasteiger partial charge in [0.15, 0.2) is 0 Å². The van der Waals surface area contributed by atoms with Gasteiger partial charge in [0.05, 0.1) is 0 Å². The summed E-state index contributed by atoms with van der Waals surface area (Å²) in [5.41, 5.74) is 1.52. The van der Waals surface area contributed by atoms with Crippen LogP contribution in [0.4, 0.5) is 0 Å². The van der Waals surface area contributed by atoms with Crippen molar-refractivity contribution in [3.8, 4) is 0 Å². The van der Waals surface area contributed by atoms with Crippen molar-refractivity contribution >= 4 is 27.3 Å². The van der Waals surface area contributed by atoms with E-state index in [1.54, 1.807) is 0 Å². The van der Waals surface area contributed by atoms with Crippen molar-refractivity contribution in [2.45, 2.75) is 31.5 Å². The average Bonchev–Trinajstić information content (AvgIpc) is 2.34. The van der Waals surface area contributed by atoms with E-state index in [-0.39, 0.29) is 0 Å². The lowest BCUT2D eigenvalue weighted by atomic mass is 10.1. The van der Waals surface area contributed by atoms with Crippen molar-refractivity contribution in [1.82, 2.24) is 0 Å². The molecule has 0 N–H and O–H groups in total. The monoisotopic (exact) mass is 232 g/mol. The first kappa shape index (κ1) is 9.27. The van der Waals surface area contributed by atoms with E-state index >= 15 is 0 Å². The van der Waals surface area contributed by atoms with Crippen molar-refractivity contribution in [2.75, 3.05) is 0 Å². The highest BCUT2D eigenvalue weighted by molar-refractivity contribution is 9.09. The third-order valence-corrected chi connectivity index (χ3v) is 2.99. The molecule has 0 nitrogen and oxygen atoms in total. The van der Waals surface area contributed by atoms with Crippen LogP contribution in [0.15, 0.2) is 11.4 Å². The summed E-state index contributed by atoms with van der Waals surface area (Å²) < 4.78 is 0. The topological polar surface area (TPSA) is 0 Å². The molecule has 0 aliphatic rings. The normalized spacial score (nSPS) is 13.4. The number of rotatable bonds is 3. The minimum atomic E-state index is 0.603. The summed E-state index contributed by atoms with van der Waals surface area (Å²) in [7, 11) is 0. The Kier molecular flexibility index (Phi) is 3.60. The lowest BCUT2D eigenvalue weighted by molar-refractivity contribution is 0.955. The van der Waals surface area contributed by atoms with E-state index in [0.29, 0.717) is 4.83 Å². The second kappa shape index (κ2) is 4.27. The van der Waals surface area contributed by atoms with Crippen molar-refractivity contribution in [3.05, 3.63) is 21.9 Å². The molecule has 1 unspecified atom stereocenters. The van der Waals surface area contributed by atoms with Crippen molar-refractivity contribution in [3.63, 3.8) is 0 Å². The third kappa shape index (κ3) is 2.60. The highest BCUT2D eigenvalue weighted by Crippen LogP contribution is 2.20. The predicted octanol–water partition coefficient (Wildman–Crippen LogP) is 3.64. The van der Waals surface area contributed by atoms with Gasteiger partial charge in [-0.2, -0.15) is 0 Å². The van der Waals surface area contributed by atoms with Crippen LogP contribution >= 0.6 is 27.3 Å². The van der Waals surface area contributed by atoms with E-state index in [1.807, 2.05) is 11.3 Å². The quantitative estimate of drug-likeness (QED) is 0.699. The van der Waals surface area contributed by atoms with E-state index in [1.165, 1.54) is 23.3 Å². The molecule has 0 saturated heterocycles. The first-order chi connectivity index (χ1) is 5.24. The Hall–Kier alpha value is 0.180. The number of halogens is 1. The van der Waals surface area contributed by atoms with E-state index in [0.717, 1.165) is 0 Å².